The molecule has 0 aliphatic rings. The molecule has 2 heterocycles. The first-order valence-corrected chi connectivity index (χ1v) is 14.9. The predicted octanol–water partition coefficient (Wildman–Crippen LogP) is 4.11. The Morgan fingerprint density at radius 2 is 1.63 bits per heavy atom. The summed E-state index contributed by atoms with van der Waals surface area (Å²) >= 11 is 0. The number of nitrogens with one attached hydrogen (secondary N) is 1. The van der Waals surface area contributed by atoms with Gasteiger partial charge in [-0.15, -0.1) is 0 Å². The molecule has 43 heavy (non-hydrogen) atoms. The van der Waals surface area contributed by atoms with Gasteiger partial charge >= 0.3 is 0 Å². The molecule has 4 aromatic rings. The Hall–Kier alpha value is -4.46. The summed E-state index contributed by atoms with van der Waals surface area (Å²) in [5.74, 6) is 1.07. The van der Waals surface area contributed by atoms with Gasteiger partial charge in [0.05, 0.1) is 20.3 Å². The molecule has 4 rings (SSSR count). The molecule has 1 atom stereocenters. The van der Waals surface area contributed by atoms with Crippen LogP contribution < -0.4 is 35.1 Å². The van der Waals surface area contributed by atoms with Gasteiger partial charge in [0.1, 0.15) is 12.4 Å². The highest BCUT2D eigenvalue weighted by Crippen LogP contribution is 2.41. The summed E-state index contributed by atoms with van der Waals surface area (Å²) in [4.78, 5) is 13.3. The fourth-order valence-electron chi connectivity index (χ4n) is 3.79. The molecule has 13 heteroatoms. The van der Waals surface area contributed by atoms with Crippen molar-refractivity contribution in [2.24, 2.45) is 11.5 Å². The molecular weight excluding hydrogens is 572 g/mol. The lowest BCUT2D eigenvalue weighted by Gasteiger charge is -2.20. The Balaban J connectivity index is 1.87. The summed E-state index contributed by atoms with van der Waals surface area (Å²) in [5, 5.41) is -0.207. The monoisotopic (exact) mass is 608 g/mol. The number of methoxy groups -OCH3 is 2. The van der Waals surface area contributed by atoms with Crippen molar-refractivity contribution in [3.63, 3.8) is 0 Å². The number of anilines is 1. The number of rotatable bonds is 12. The molecule has 0 bridgehead atoms. The minimum atomic E-state index is -4.25. The van der Waals surface area contributed by atoms with Crippen molar-refractivity contribution >= 4 is 15.8 Å². The van der Waals surface area contributed by atoms with E-state index in [-0.39, 0.29) is 52.6 Å². The van der Waals surface area contributed by atoms with E-state index in [1.807, 2.05) is 20.8 Å². The predicted molar refractivity (Wildman–Crippen MR) is 163 cm³/mol. The third kappa shape index (κ3) is 7.69. The van der Waals surface area contributed by atoms with Gasteiger partial charge in [-0.25, -0.2) is 9.97 Å². The standard InChI is InChI=1S/C30H36N6O6S/c1-30(2,3)20-12-15-25(33-17-20)43(37,38)36-28-26(42-24-9-7-6-8-23(24)40-5)29(41-18-21(32)16-31)35-27(34-28)19-10-13-22(39-4)14-11-19/h6-15,17,21H,16,18,31-32H2,1-5H3,(H,34,35,36). The first-order valence-electron chi connectivity index (χ1n) is 13.4. The second-order valence-corrected chi connectivity index (χ2v) is 12.2. The van der Waals surface area contributed by atoms with E-state index in [2.05, 4.69) is 19.7 Å². The zero-order valence-electron chi connectivity index (χ0n) is 24.7. The summed E-state index contributed by atoms with van der Waals surface area (Å²) < 4.78 is 52.6. The van der Waals surface area contributed by atoms with Crippen LogP contribution in [0.25, 0.3) is 11.4 Å². The average molecular weight is 609 g/mol. The van der Waals surface area contributed by atoms with Crippen molar-refractivity contribution in [3.8, 4) is 40.3 Å². The molecule has 0 saturated carbocycles. The number of aromatic nitrogens is 3. The molecule has 5 N–H and O–H groups in total. The van der Waals surface area contributed by atoms with Gasteiger partial charge < -0.3 is 30.4 Å². The number of nitrogens with two attached hydrogens (primary N) is 2. The van der Waals surface area contributed by atoms with E-state index in [1.165, 1.54) is 19.4 Å². The Bertz CT molecular complexity index is 1640. The third-order valence-corrected chi connectivity index (χ3v) is 7.56. The summed E-state index contributed by atoms with van der Waals surface area (Å²) in [6, 6.07) is 16.4. The van der Waals surface area contributed by atoms with Crippen LogP contribution in [0, 0.1) is 0 Å². The lowest BCUT2D eigenvalue weighted by atomic mass is 9.88. The normalized spacial score (nSPS) is 12.3. The van der Waals surface area contributed by atoms with E-state index in [9.17, 15) is 8.42 Å². The number of ether oxygens (including phenoxy) is 4. The van der Waals surface area contributed by atoms with Crippen LogP contribution >= 0.6 is 0 Å². The molecule has 0 saturated heterocycles. The quantitative estimate of drug-likeness (QED) is 0.211. The molecule has 0 spiro atoms. The van der Waals surface area contributed by atoms with E-state index in [0.29, 0.717) is 17.1 Å². The van der Waals surface area contributed by atoms with E-state index >= 15 is 0 Å². The molecule has 0 aliphatic heterocycles. The number of nitrogens with zero attached hydrogens (tertiary/aromatic N) is 3. The van der Waals surface area contributed by atoms with E-state index in [1.54, 1.807) is 61.7 Å². The Kier molecular flexibility index (Phi) is 9.69. The molecule has 2 aromatic carbocycles. The van der Waals surface area contributed by atoms with Crippen LogP contribution in [0.1, 0.15) is 26.3 Å². The molecular formula is C30H36N6O6S. The third-order valence-electron chi connectivity index (χ3n) is 6.31. The van der Waals surface area contributed by atoms with Crippen molar-refractivity contribution in [2.75, 3.05) is 32.1 Å². The van der Waals surface area contributed by atoms with Crippen LogP contribution in [0.3, 0.4) is 0 Å². The highest BCUT2D eigenvalue weighted by Gasteiger charge is 2.27. The van der Waals surface area contributed by atoms with Crippen molar-refractivity contribution in [3.05, 3.63) is 72.4 Å². The van der Waals surface area contributed by atoms with Crippen LogP contribution in [0.15, 0.2) is 71.9 Å². The topological polar surface area (TPSA) is 174 Å². The van der Waals surface area contributed by atoms with Gasteiger partial charge in [-0.2, -0.15) is 13.4 Å². The summed E-state index contributed by atoms with van der Waals surface area (Å²) in [5.41, 5.74) is 12.9. The van der Waals surface area contributed by atoms with Gasteiger partial charge in [0, 0.05) is 18.3 Å². The molecule has 2 aromatic heterocycles. The molecule has 0 fully saturated rings. The van der Waals surface area contributed by atoms with Crippen LogP contribution in [0.4, 0.5) is 5.82 Å². The number of para-hydroxylation sites is 2. The van der Waals surface area contributed by atoms with E-state index in [4.69, 9.17) is 30.4 Å². The van der Waals surface area contributed by atoms with Crippen LogP contribution in [-0.2, 0) is 15.4 Å². The number of hydrogen-bond acceptors (Lipinski definition) is 11. The van der Waals surface area contributed by atoms with Gasteiger partial charge in [-0.05, 0) is 53.4 Å². The van der Waals surface area contributed by atoms with Gasteiger partial charge in [0.2, 0.25) is 5.75 Å². The smallest absolute Gasteiger partial charge is 0.280 e. The van der Waals surface area contributed by atoms with Crippen LogP contribution in [-0.4, -0.2) is 56.8 Å². The molecule has 1 unspecified atom stereocenters. The van der Waals surface area contributed by atoms with Gasteiger partial charge in [0.15, 0.2) is 28.2 Å². The maximum absolute atomic E-state index is 13.6. The van der Waals surface area contributed by atoms with Crippen molar-refractivity contribution < 1.29 is 27.4 Å². The zero-order valence-corrected chi connectivity index (χ0v) is 25.5. The molecule has 228 valence electrons. The zero-order chi connectivity index (χ0) is 31.2. The Morgan fingerprint density at radius 3 is 2.21 bits per heavy atom. The maximum Gasteiger partial charge on any atom is 0.280 e. The van der Waals surface area contributed by atoms with Crippen molar-refractivity contribution in [1.82, 2.24) is 15.0 Å². The number of pyridine rings is 1. The lowest BCUT2D eigenvalue weighted by Crippen LogP contribution is -2.35. The van der Waals surface area contributed by atoms with Crippen LogP contribution in [0.5, 0.6) is 28.9 Å². The maximum atomic E-state index is 13.6. The Morgan fingerprint density at radius 1 is 0.930 bits per heavy atom. The average Bonchev–Trinajstić information content (AvgIpc) is 3.00. The molecule has 12 nitrogen and oxygen atoms in total. The van der Waals surface area contributed by atoms with Crippen LogP contribution in [0.2, 0.25) is 0 Å². The Labute approximate surface area is 251 Å². The van der Waals surface area contributed by atoms with E-state index < -0.39 is 16.1 Å². The highest BCUT2D eigenvalue weighted by molar-refractivity contribution is 7.92. The second-order valence-electron chi connectivity index (χ2n) is 10.6. The highest BCUT2D eigenvalue weighted by atomic mass is 32.2. The minimum absolute atomic E-state index is 0.0279. The largest absolute Gasteiger partial charge is 0.497 e. The number of benzene rings is 2. The molecule has 0 radical (unpaired) electrons. The van der Waals surface area contributed by atoms with Crippen molar-refractivity contribution in [1.29, 1.82) is 0 Å². The van der Waals surface area contributed by atoms with Crippen molar-refractivity contribution in [2.45, 2.75) is 37.3 Å². The second kappa shape index (κ2) is 13.2. The first kappa shape index (κ1) is 31.5. The molecule has 0 aliphatic carbocycles. The summed E-state index contributed by atoms with van der Waals surface area (Å²) in [7, 11) is -1.21. The van der Waals surface area contributed by atoms with Gasteiger partial charge in [0.25, 0.3) is 15.9 Å². The number of sulfonamides is 1. The summed E-state index contributed by atoms with van der Waals surface area (Å²) in [6.45, 7) is 6.15. The summed E-state index contributed by atoms with van der Waals surface area (Å²) in [6.07, 6.45) is 1.53. The minimum Gasteiger partial charge on any atom is -0.497 e. The molecule has 0 amide bonds. The van der Waals surface area contributed by atoms with Gasteiger partial charge in [-0.1, -0.05) is 39.0 Å². The van der Waals surface area contributed by atoms with E-state index in [0.717, 1.165) is 5.56 Å². The SMILES string of the molecule is COc1ccc(-c2nc(NS(=O)(=O)c3ccc(C(C)(C)C)cn3)c(Oc3ccccc3OC)c(OCC(N)CN)n2)cc1. The fraction of sp³-hybridized carbons (Fsp3) is 0.300. The number of hydrogen-bond donors (Lipinski definition) is 3. The first-order chi connectivity index (χ1) is 20.4. The lowest BCUT2D eigenvalue weighted by molar-refractivity contribution is 0.267. The van der Waals surface area contributed by atoms with Gasteiger partial charge in [-0.3, -0.25) is 4.72 Å². The fourth-order valence-corrected chi connectivity index (χ4v) is 4.72.